The fourth-order valence-corrected chi connectivity index (χ4v) is 2.70. The molecule has 0 aromatic heterocycles. The predicted octanol–water partition coefficient (Wildman–Crippen LogP) is 2.83. The number of morpholine rings is 1. The molecule has 117 valence electrons. The third kappa shape index (κ3) is 3.32. The Morgan fingerprint density at radius 1 is 1.17 bits per heavy atom. The number of ketones is 1. The van der Waals surface area contributed by atoms with Crippen molar-refractivity contribution in [3.05, 3.63) is 59.7 Å². The van der Waals surface area contributed by atoms with Gasteiger partial charge in [0, 0.05) is 24.2 Å². The summed E-state index contributed by atoms with van der Waals surface area (Å²) in [5.41, 5.74) is 2.93. The molecule has 2 aromatic carbocycles. The minimum Gasteiger partial charge on any atom is -0.378 e. The van der Waals surface area contributed by atoms with Crippen molar-refractivity contribution in [3.63, 3.8) is 0 Å². The fraction of sp³-hybridized carbons (Fsp3) is 0.263. The number of Topliss-reactive ketones (excluding diaryl/α,β-unsaturated/α-hetero) is 1. The van der Waals surface area contributed by atoms with E-state index < -0.39 is 0 Å². The molecule has 0 spiro atoms. The summed E-state index contributed by atoms with van der Waals surface area (Å²) in [5.74, 6) is -0.0104. The number of rotatable bonds is 3. The molecule has 1 heterocycles. The summed E-state index contributed by atoms with van der Waals surface area (Å²) in [6.45, 7) is 3.87. The molecule has 0 unspecified atom stereocenters. The van der Waals surface area contributed by atoms with Crippen molar-refractivity contribution in [1.82, 2.24) is 4.90 Å². The fourth-order valence-electron chi connectivity index (χ4n) is 2.70. The molecule has 0 bridgehead atoms. The van der Waals surface area contributed by atoms with Crippen LogP contribution in [-0.4, -0.2) is 42.9 Å². The van der Waals surface area contributed by atoms with Gasteiger partial charge in [0.1, 0.15) is 0 Å². The molecular formula is C19H18NO3. The molecule has 0 saturated carbocycles. The average Bonchev–Trinajstić information content (AvgIpc) is 2.62. The van der Waals surface area contributed by atoms with Crippen LogP contribution in [-0.2, 0) is 4.74 Å². The second-order valence-electron chi connectivity index (χ2n) is 5.51. The lowest BCUT2D eigenvalue weighted by Gasteiger charge is -2.27. The number of hydrogen-bond donors (Lipinski definition) is 0. The van der Waals surface area contributed by atoms with Gasteiger partial charge < -0.3 is 9.64 Å². The minimum absolute atomic E-state index is 0.00963. The Bertz CT molecular complexity index is 733. The number of nitrogens with zero attached hydrogens (tertiary/aromatic N) is 1. The molecule has 4 nitrogen and oxygen atoms in total. The molecule has 0 aliphatic carbocycles. The zero-order valence-corrected chi connectivity index (χ0v) is 13.0. The third-order valence-corrected chi connectivity index (χ3v) is 3.97. The van der Waals surface area contributed by atoms with E-state index in [1.54, 1.807) is 23.1 Å². The maximum atomic E-state index is 12.8. The molecule has 1 amide bonds. The van der Waals surface area contributed by atoms with Gasteiger partial charge in [0.25, 0.3) is 5.91 Å². The van der Waals surface area contributed by atoms with Gasteiger partial charge in [0.05, 0.1) is 13.2 Å². The van der Waals surface area contributed by atoms with Crippen molar-refractivity contribution >= 4 is 11.7 Å². The van der Waals surface area contributed by atoms with Crippen LogP contribution in [0.3, 0.4) is 0 Å². The van der Waals surface area contributed by atoms with Crippen molar-refractivity contribution in [2.75, 3.05) is 26.3 Å². The quantitative estimate of drug-likeness (QED) is 0.819. The van der Waals surface area contributed by atoms with Crippen LogP contribution in [0.1, 0.15) is 27.6 Å². The summed E-state index contributed by atoms with van der Waals surface area (Å²) < 4.78 is 5.30. The second kappa shape index (κ2) is 6.75. The van der Waals surface area contributed by atoms with Crippen molar-refractivity contribution < 1.29 is 14.3 Å². The summed E-state index contributed by atoms with van der Waals surface area (Å²) in [7, 11) is 0. The van der Waals surface area contributed by atoms with Crippen LogP contribution >= 0.6 is 0 Å². The van der Waals surface area contributed by atoms with Gasteiger partial charge in [-0.3, -0.25) is 9.59 Å². The highest BCUT2D eigenvalue weighted by atomic mass is 16.5. The number of hydrogen-bond acceptors (Lipinski definition) is 3. The molecule has 2 aromatic rings. The molecule has 0 N–H and O–H groups in total. The summed E-state index contributed by atoms with van der Waals surface area (Å²) in [4.78, 5) is 26.2. The molecule has 1 fully saturated rings. The lowest BCUT2D eigenvalue weighted by molar-refractivity contribution is 0.0303. The number of carbonyl (C=O) groups excluding carboxylic acids is 2. The van der Waals surface area contributed by atoms with Crippen LogP contribution in [0.5, 0.6) is 0 Å². The molecule has 0 atom stereocenters. The molecule has 1 radical (unpaired) electrons. The average molecular weight is 308 g/mol. The van der Waals surface area contributed by atoms with Crippen LogP contribution in [0.25, 0.3) is 11.1 Å². The van der Waals surface area contributed by atoms with Gasteiger partial charge in [-0.15, -0.1) is 0 Å². The summed E-state index contributed by atoms with van der Waals surface area (Å²) in [6.07, 6.45) is 0. The molecule has 1 aliphatic heterocycles. The minimum atomic E-state index is -0.0200. The zero-order chi connectivity index (χ0) is 16.2. The molecule has 23 heavy (non-hydrogen) atoms. The zero-order valence-electron chi connectivity index (χ0n) is 13.0. The van der Waals surface area contributed by atoms with E-state index in [0.29, 0.717) is 37.4 Å². The van der Waals surface area contributed by atoms with Gasteiger partial charge in [0.15, 0.2) is 5.78 Å². The lowest BCUT2D eigenvalue weighted by atomic mass is 9.96. The Balaban J connectivity index is 1.99. The predicted molar refractivity (Wildman–Crippen MR) is 87.4 cm³/mol. The normalized spacial score (nSPS) is 14.6. The van der Waals surface area contributed by atoms with E-state index in [1.807, 2.05) is 24.3 Å². The topological polar surface area (TPSA) is 46.6 Å². The van der Waals surface area contributed by atoms with E-state index in [9.17, 15) is 9.59 Å². The number of amides is 1. The van der Waals surface area contributed by atoms with Gasteiger partial charge in [0.2, 0.25) is 0 Å². The number of ether oxygens (including phenoxy) is 1. The van der Waals surface area contributed by atoms with Gasteiger partial charge in [-0.05, 0) is 36.2 Å². The van der Waals surface area contributed by atoms with E-state index in [2.05, 4.69) is 6.07 Å². The van der Waals surface area contributed by atoms with E-state index in [1.165, 1.54) is 6.92 Å². The Morgan fingerprint density at radius 3 is 2.70 bits per heavy atom. The lowest BCUT2D eigenvalue weighted by Crippen LogP contribution is -2.40. The van der Waals surface area contributed by atoms with Crippen LogP contribution in [0.15, 0.2) is 42.5 Å². The van der Waals surface area contributed by atoms with Crippen LogP contribution < -0.4 is 0 Å². The molecule has 1 saturated heterocycles. The standard InChI is InChI=1S/C19H18NO3/c1-14(21)15-5-4-6-16(13-15)17-7-2-3-8-18(17)19(22)20-9-11-23-12-10-20/h2,4-8,13H,9-12H2,1H3. The first-order valence-corrected chi connectivity index (χ1v) is 7.65. The summed E-state index contributed by atoms with van der Waals surface area (Å²) >= 11 is 0. The molecule has 3 rings (SSSR count). The molecule has 1 aliphatic rings. The first-order valence-electron chi connectivity index (χ1n) is 7.65. The Kier molecular flexibility index (Phi) is 4.53. The number of benzene rings is 2. The first kappa shape index (κ1) is 15.4. The molecule has 4 heteroatoms. The Labute approximate surface area is 135 Å². The highest BCUT2D eigenvalue weighted by molar-refractivity contribution is 6.02. The monoisotopic (exact) mass is 308 g/mol. The van der Waals surface area contributed by atoms with E-state index in [-0.39, 0.29) is 11.7 Å². The largest absolute Gasteiger partial charge is 0.378 e. The highest BCUT2D eigenvalue weighted by Crippen LogP contribution is 2.26. The van der Waals surface area contributed by atoms with Crippen LogP contribution in [0.4, 0.5) is 0 Å². The van der Waals surface area contributed by atoms with Crippen LogP contribution in [0.2, 0.25) is 0 Å². The van der Waals surface area contributed by atoms with Gasteiger partial charge in [-0.1, -0.05) is 30.3 Å². The maximum Gasteiger partial charge on any atom is 0.254 e. The Morgan fingerprint density at radius 2 is 1.96 bits per heavy atom. The smallest absolute Gasteiger partial charge is 0.254 e. The summed E-state index contributed by atoms with van der Waals surface area (Å²) in [5, 5.41) is 0. The third-order valence-electron chi connectivity index (χ3n) is 3.97. The number of carbonyl (C=O) groups is 2. The van der Waals surface area contributed by atoms with Crippen LogP contribution in [0, 0.1) is 6.07 Å². The second-order valence-corrected chi connectivity index (χ2v) is 5.51. The highest BCUT2D eigenvalue weighted by Gasteiger charge is 2.21. The van der Waals surface area contributed by atoms with Gasteiger partial charge in [-0.2, -0.15) is 0 Å². The van der Waals surface area contributed by atoms with Crippen molar-refractivity contribution in [2.24, 2.45) is 0 Å². The van der Waals surface area contributed by atoms with E-state index in [0.717, 1.165) is 11.1 Å². The van der Waals surface area contributed by atoms with Crippen molar-refractivity contribution in [1.29, 1.82) is 0 Å². The first-order chi connectivity index (χ1) is 11.2. The van der Waals surface area contributed by atoms with E-state index >= 15 is 0 Å². The Hall–Kier alpha value is -2.46. The molecular weight excluding hydrogens is 290 g/mol. The van der Waals surface area contributed by atoms with Crippen molar-refractivity contribution in [2.45, 2.75) is 6.92 Å². The maximum absolute atomic E-state index is 12.8. The SMILES string of the molecule is CC(=O)c1cccc(-c2cc[c]cc2C(=O)N2CCOCC2)c1. The summed E-state index contributed by atoms with van der Waals surface area (Å²) in [6, 6.07) is 15.7. The van der Waals surface area contributed by atoms with E-state index in [4.69, 9.17) is 4.74 Å². The van der Waals surface area contributed by atoms with Crippen molar-refractivity contribution in [3.8, 4) is 11.1 Å². The van der Waals surface area contributed by atoms with Gasteiger partial charge >= 0.3 is 0 Å². The van der Waals surface area contributed by atoms with Gasteiger partial charge in [-0.25, -0.2) is 0 Å².